The Morgan fingerprint density at radius 2 is 2.15 bits per heavy atom. The van der Waals surface area contributed by atoms with Crippen molar-refractivity contribution in [3.63, 3.8) is 0 Å². The van der Waals surface area contributed by atoms with Gasteiger partial charge in [0.05, 0.1) is 18.9 Å². The van der Waals surface area contributed by atoms with Crippen LogP contribution in [-0.2, 0) is 6.61 Å². The van der Waals surface area contributed by atoms with E-state index in [0.29, 0.717) is 17.1 Å². The first-order valence-corrected chi connectivity index (χ1v) is 6.53. The lowest BCUT2D eigenvalue weighted by molar-refractivity contribution is 0.0696. The number of halogens is 1. The van der Waals surface area contributed by atoms with Crippen molar-refractivity contribution in [2.75, 3.05) is 7.11 Å². The first-order valence-electron chi connectivity index (χ1n) is 5.73. The minimum absolute atomic E-state index is 0.191. The molecule has 104 valence electrons. The molecule has 1 N–H and O–H groups in total. The van der Waals surface area contributed by atoms with Gasteiger partial charge in [-0.05, 0) is 40.2 Å². The molecule has 0 unspecified atom stereocenters. The number of aromatic carboxylic acids is 1. The SMILES string of the molecule is COc1ccc(C(=O)O)cc1COc1cncc(Br)c1. The first-order chi connectivity index (χ1) is 9.60. The van der Waals surface area contributed by atoms with Gasteiger partial charge in [0.2, 0.25) is 0 Å². The fourth-order valence-electron chi connectivity index (χ4n) is 1.66. The number of aromatic nitrogens is 1. The topological polar surface area (TPSA) is 68.7 Å². The molecule has 1 heterocycles. The minimum Gasteiger partial charge on any atom is -0.496 e. The van der Waals surface area contributed by atoms with E-state index in [4.69, 9.17) is 14.6 Å². The van der Waals surface area contributed by atoms with Gasteiger partial charge in [-0.25, -0.2) is 4.79 Å². The second-order valence-corrected chi connectivity index (χ2v) is 4.87. The van der Waals surface area contributed by atoms with Crippen molar-refractivity contribution in [3.05, 3.63) is 52.3 Å². The van der Waals surface area contributed by atoms with Crippen LogP contribution in [0.3, 0.4) is 0 Å². The second-order valence-electron chi connectivity index (χ2n) is 3.96. The van der Waals surface area contributed by atoms with E-state index in [-0.39, 0.29) is 12.2 Å². The van der Waals surface area contributed by atoms with Crippen LogP contribution in [0.2, 0.25) is 0 Å². The fourth-order valence-corrected chi connectivity index (χ4v) is 2.00. The summed E-state index contributed by atoms with van der Waals surface area (Å²) >= 11 is 3.30. The molecule has 1 aromatic heterocycles. The predicted molar refractivity (Wildman–Crippen MR) is 76.2 cm³/mol. The van der Waals surface area contributed by atoms with Crippen LogP contribution in [0.5, 0.6) is 11.5 Å². The molecule has 20 heavy (non-hydrogen) atoms. The van der Waals surface area contributed by atoms with E-state index in [9.17, 15) is 4.79 Å². The summed E-state index contributed by atoms with van der Waals surface area (Å²) in [6.07, 6.45) is 3.23. The van der Waals surface area contributed by atoms with Gasteiger partial charge in [-0.1, -0.05) is 0 Å². The van der Waals surface area contributed by atoms with Gasteiger partial charge >= 0.3 is 5.97 Å². The number of pyridine rings is 1. The van der Waals surface area contributed by atoms with E-state index in [2.05, 4.69) is 20.9 Å². The Morgan fingerprint density at radius 3 is 2.80 bits per heavy atom. The molecule has 0 fully saturated rings. The maximum Gasteiger partial charge on any atom is 0.335 e. The van der Waals surface area contributed by atoms with Gasteiger partial charge in [0.25, 0.3) is 0 Å². The van der Waals surface area contributed by atoms with Gasteiger partial charge < -0.3 is 14.6 Å². The van der Waals surface area contributed by atoms with Gasteiger partial charge in [-0.15, -0.1) is 0 Å². The highest BCUT2D eigenvalue weighted by molar-refractivity contribution is 9.10. The lowest BCUT2D eigenvalue weighted by Crippen LogP contribution is -2.03. The number of rotatable bonds is 5. The molecule has 0 bridgehead atoms. The van der Waals surface area contributed by atoms with E-state index in [1.165, 1.54) is 19.2 Å². The third-order valence-electron chi connectivity index (χ3n) is 2.60. The summed E-state index contributed by atoms with van der Waals surface area (Å²) in [5.74, 6) is 0.179. The zero-order chi connectivity index (χ0) is 14.5. The van der Waals surface area contributed by atoms with Crippen molar-refractivity contribution in [2.24, 2.45) is 0 Å². The van der Waals surface area contributed by atoms with E-state index < -0.39 is 5.97 Å². The molecule has 0 aliphatic rings. The highest BCUT2D eigenvalue weighted by Gasteiger charge is 2.09. The summed E-state index contributed by atoms with van der Waals surface area (Å²) in [6.45, 7) is 0.197. The van der Waals surface area contributed by atoms with Crippen LogP contribution in [0.4, 0.5) is 0 Å². The molecule has 0 saturated carbocycles. The molecule has 6 heteroatoms. The highest BCUT2D eigenvalue weighted by Crippen LogP contribution is 2.23. The average Bonchev–Trinajstić information content (AvgIpc) is 2.44. The van der Waals surface area contributed by atoms with Crippen LogP contribution in [0.15, 0.2) is 41.1 Å². The third-order valence-corrected chi connectivity index (χ3v) is 3.04. The Balaban J connectivity index is 2.19. The molecule has 2 rings (SSSR count). The zero-order valence-electron chi connectivity index (χ0n) is 10.7. The third kappa shape index (κ3) is 3.48. The molecule has 0 amide bonds. The van der Waals surface area contributed by atoms with Crippen LogP contribution in [0, 0.1) is 0 Å². The van der Waals surface area contributed by atoms with Crippen molar-refractivity contribution in [1.82, 2.24) is 4.98 Å². The standard InChI is InChI=1S/C14H12BrNO4/c1-19-13-3-2-9(14(17)18)4-10(13)8-20-12-5-11(15)6-16-7-12/h2-7H,8H2,1H3,(H,17,18). The van der Waals surface area contributed by atoms with Gasteiger partial charge in [0.15, 0.2) is 0 Å². The average molecular weight is 338 g/mol. The number of hydrogen-bond donors (Lipinski definition) is 1. The Morgan fingerprint density at radius 1 is 1.35 bits per heavy atom. The molecule has 0 radical (unpaired) electrons. The zero-order valence-corrected chi connectivity index (χ0v) is 12.3. The number of nitrogens with zero attached hydrogens (tertiary/aromatic N) is 1. The number of carbonyl (C=O) groups is 1. The van der Waals surface area contributed by atoms with Gasteiger partial charge in [0, 0.05) is 16.2 Å². The molecule has 5 nitrogen and oxygen atoms in total. The normalized spacial score (nSPS) is 10.1. The molecular formula is C14H12BrNO4. The van der Waals surface area contributed by atoms with Crippen molar-refractivity contribution in [2.45, 2.75) is 6.61 Å². The Kier molecular flexibility index (Phi) is 4.57. The summed E-state index contributed by atoms with van der Waals surface area (Å²) in [6, 6.07) is 6.42. The van der Waals surface area contributed by atoms with Gasteiger partial charge in [-0.2, -0.15) is 0 Å². The molecule has 1 aromatic carbocycles. The molecule has 2 aromatic rings. The molecule has 0 saturated heterocycles. The molecule has 0 aliphatic heterocycles. The first kappa shape index (κ1) is 14.3. The van der Waals surface area contributed by atoms with Crippen molar-refractivity contribution < 1.29 is 19.4 Å². The number of carboxylic acids is 1. The summed E-state index contributed by atoms with van der Waals surface area (Å²) in [5, 5.41) is 9.00. The number of hydrogen-bond acceptors (Lipinski definition) is 4. The smallest absolute Gasteiger partial charge is 0.335 e. The van der Waals surface area contributed by atoms with Crippen LogP contribution >= 0.6 is 15.9 Å². The van der Waals surface area contributed by atoms with Crippen LogP contribution in [0.1, 0.15) is 15.9 Å². The Hall–Kier alpha value is -2.08. The summed E-state index contributed by atoms with van der Waals surface area (Å²) < 4.78 is 11.6. The highest BCUT2D eigenvalue weighted by atomic mass is 79.9. The van der Waals surface area contributed by atoms with Crippen LogP contribution in [0.25, 0.3) is 0 Å². The molecule has 0 aliphatic carbocycles. The van der Waals surface area contributed by atoms with Crippen molar-refractivity contribution in [3.8, 4) is 11.5 Å². The molecular weight excluding hydrogens is 326 g/mol. The summed E-state index contributed by atoms with van der Waals surface area (Å²) in [7, 11) is 1.53. The number of carboxylic acid groups (broad SMARTS) is 1. The maximum absolute atomic E-state index is 11.0. The second kappa shape index (κ2) is 6.38. The van der Waals surface area contributed by atoms with Gasteiger partial charge in [-0.3, -0.25) is 4.98 Å². The lowest BCUT2D eigenvalue weighted by atomic mass is 10.1. The lowest BCUT2D eigenvalue weighted by Gasteiger charge is -2.11. The predicted octanol–water partition coefficient (Wildman–Crippen LogP) is 3.13. The maximum atomic E-state index is 11.0. The summed E-state index contributed by atoms with van der Waals surface area (Å²) in [5.41, 5.74) is 0.851. The molecule has 0 atom stereocenters. The van der Waals surface area contributed by atoms with Crippen LogP contribution in [-0.4, -0.2) is 23.2 Å². The number of methoxy groups -OCH3 is 1. The Bertz CT molecular complexity index is 630. The van der Waals surface area contributed by atoms with Crippen molar-refractivity contribution in [1.29, 1.82) is 0 Å². The Labute approximate surface area is 124 Å². The van der Waals surface area contributed by atoms with E-state index in [1.54, 1.807) is 24.5 Å². The van der Waals surface area contributed by atoms with E-state index >= 15 is 0 Å². The molecule has 0 spiro atoms. The summed E-state index contributed by atoms with van der Waals surface area (Å²) in [4.78, 5) is 15.0. The van der Waals surface area contributed by atoms with Gasteiger partial charge in [0.1, 0.15) is 18.1 Å². The van der Waals surface area contributed by atoms with E-state index in [1.807, 2.05) is 0 Å². The largest absolute Gasteiger partial charge is 0.496 e. The van der Waals surface area contributed by atoms with Crippen LogP contribution < -0.4 is 9.47 Å². The minimum atomic E-state index is -0.988. The van der Waals surface area contributed by atoms with Crippen molar-refractivity contribution >= 4 is 21.9 Å². The fraction of sp³-hybridized carbons (Fsp3) is 0.143. The van der Waals surface area contributed by atoms with E-state index in [0.717, 1.165) is 4.47 Å². The monoisotopic (exact) mass is 337 g/mol. The number of benzene rings is 1. The quantitative estimate of drug-likeness (QED) is 0.907. The number of ether oxygens (including phenoxy) is 2.